The molecule has 1 rings (SSSR count). The summed E-state index contributed by atoms with van der Waals surface area (Å²) in [6.45, 7) is 10.8. The first-order valence-electron chi connectivity index (χ1n) is 7.76. The maximum absolute atomic E-state index is 11.9. The first kappa shape index (κ1) is 22.6. The maximum Gasteiger partial charge on any atom is 0.410 e. The molecular weight excluding hydrogens is 427 g/mol. The minimum Gasteiger partial charge on any atom is -0.444 e. The number of amides is 1. The molecule has 0 aromatic heterocycles. The summed E-state index contributed by atoms with van der Waals surface area (Å²) >= 11 is 1.95. The molecule has 1 aliphatic heterocycles. The number of nitrogens with two attached hydrogens (primary N) is 1. The number of aliphatic imine (C=N–C) groups is 1. The summed E-state index contributed by atoms with van der Waals surface area (Å²) in [5.41, 5.74) is 5.56. The van der Waals surface area contributed by atoms with Crippen LogP contribution >= 0.6 is 35.7 Å². The molecule has 0 aromatic carbocycles. The molecule has 8 heteroatoms. The first-order chi connectivity index (χ1) is 10.2. The van der Waals surface area contributed by atoms with Crippen LogP contribution in [-0.2, 0) is 4.74 Å². The van der Waals surface area contributed by atoms with Crippen molar-refractivity contribution >= 4 is 47.8 Å². The molecule has 1 saturated heterocycles. The number of halogens is 1. The summed E-state index contributed by atoms with van der Waals surface area (Å²) in [6, 6.07) is 0. The minimum atomic E-state index is -0.469. The van der Waals surface area contributed by atoms with Gasteiger partial charge in [0.1, 0.15) is 5.60 Å². The van der Waals surface area contributed by atoms with Gasteiger partial charge in [0.2, 0.25) is 0 Å². The lowest BCUT2D eigenvalue weighted by Gasteiger charge is -2.28. The van der Waals surface area contributed by atoms with Crippen LogP contribution in [0.4, 0.5) is 4.79 Å². The fourth-order valence-electron chi connectivity index (χ4n) is 2.08. The van der Waals surface area contributed by atoms with E-state index in [-0.39, 0.29) is 36.0 Å². The second-order valence-corrected chi connectivity index (χ2v) is 7.99. The van der Waals surface area contributed by atoms with E-state index >= 15 is 0 Å². The summed E-state index contributed by atoms with van der Waals surface area (Å²) in [5.74, 6) is 3.06. The van der Waals surface area contributed by atoms with E-state index in [4.69, 9.17) is 10.5 Å². The van der Waals surface area contributed by atoms with Gasteiger partial charge in [0, 0.05) is 44.7 Å². The molecule has 1 atom stereocenters. The van der Waals surface area contributed by atoms with Crippen molar-refractivity contribution in [2.45, 2.75) is 33.3 Å². The standard InChI is InChI=1S/C15H30N4O2S.HI/c1-12(11-18(5)14(20)21-15(2,3)4)10-17-13(16)19-6-8-22-9-7-19;/h12H,6-11H2,1-5H3,(H2,16,17);1H. The van der Waals surface area contributed by atoms with Crippen molar-refractivity contribution in [3.8, 4) is 0 Å². The molecule has 1 unspecified atom stereocenters. The van der Waals surface area contributed by atoms with Crippen molar-refractivity contribution in [1.29, 1.82) is 0 Å². The van der Waals surface area contributed by atoms with E-state index in [1.54, 1.807) is 11.9 Å². The molecule has 0 radical (unpaired) electrons. The third-order valence-electron chi connectivity index (χ3n) is 3.19. The Morgan fingerprint density at radius 2 is 1.96 bits per heavy atom. The van der Waals surface area contributed by atoms with Gasteiger partial charge in [0.05, 0.1) is 0 Å². The predicted molar refractivity (Wildman–Crippen MR) is 109 cm³/mol. The van der Waals surface area contributed by atoms with E-state index in [0.29, 0.717) is 19.0 Å². The Balaban J connectivity index is 0.00000484. The van der Waals surface area contributed by atoms with E-state index in [2.05, 4.69) is 16.8 Å². The van der Waals surface area contributed by atoms with Crippen molar-refractivity contribution in [1.82, 2.24) is 9.80 Å². The molecule has 0 spiro atoms. The lowest BCUT2D eigenvalue weighted by molar-refractivity contribution is 0.0279. The highest BCUT2D eigenvalue weighted by molar-refractivity contribution is 14.0. The zero-order chi connectivity index (χ0) is 16.8. The number of carbonyl (C=O) groups is 1. The number of rotatable bonds is 4. The van der Waals surface area contributed by atoms with Crippen LogP contribution in [0.3, 0.4) is 0 Å². The third kappa shape index (κ3) is 9.49. The average molecular weight is 458 g/mol. The third-order valence-corrected chi connectivity index (χ3v) is 4.13. The summed E-state index contributed by atoms with van der Waals surface area (Å²) in [5, 5.41) is 0. The SMILES string of the molecule is CC(CN=C(N)N1CCSCC1)CN(C)C(=O)OC(C)(C)C.I. The van der Waals surface area contributed by atoms with Crippen molar-refractivity contribution < 1.29 is 9.53 Å². The first-order valence-corrected chi connectivity index (χ1v) is 8.91. The van der Waals surface area contributed by atoms with Crippen LogP contribution in [0.1, 0.15) is 27.7 Å². The zero-order valence-corrected chi connectivity index (χ0v) is 18.0. The van der Waals surface area contributed by atoms with Crippen LogP contribution in [0.5, 0.6) is 0 Å². The predicted octanol–water partition coefficient (Wildman–Crippen LogP) is 2.47. The van der Waals surface area contributed by atoms with Crippen molar-refractivity contribution in [2.24, 2.45) is 16.6 Å². The molecule has 23 heavy (non-hydrogen) atoms. The highest BCUT2D eigenvalue weighted by atomic mass is 127. The topological polar surface area (TPSA) is 71.2 Å². The van der Waals surface area contributed by atoms with Crippen molar-refractivity contribution in [3.63, 3.8) is 0 Å². The molecule has 136 valence electrons. The van der Waals surface area contributed by atoms with E-state index in [1.165, 1.54) is 0 Å². The highest BCUT2D eigenvalue weighted by Gasteiger charge is 2.20. The Bertz CT molecular complexity index is 395. The molecule has 6 nitrogen and oxygen atoms in total. The Labute approximate surface area is 161 Å². The quantitative estimate of drug-likeness (QED) is 0.398. The fraction of sp³-hybridized carbons (Fsp3) is 0.867. The molecule has 1 fully saturated rings. The Kier molecular flexibility index (Phi) is 10.3. The van der Waals surface area contributed by atoms with Gasteiger partial charge in [-0.2, -0.15) is 11.8 Å². The van der Waals surface area contributed by atoms with Gasteiger partial charge in [-0.25, -0.2) is 4.79 Å². The normalized spacial score (nSPS) is 17.3. The number of thioether (sulfide) groups is 1. The van der Waals surface area contributed by atoms with Gasteiger partial charge in [-0.05, 0) is 26.7 Å². The molecule has 0 aliphatic carbocycles. The molecule has 0 aromatic rings. The maximum atomic E-state index is 11.9. The van der Waals surface area contributed by atoms with Gasteiger partial charge in [-0.15, -0.1) is 24.0 Å². The van der Waals surface area contributed by atoms with Gasteiger partial charge in [-0.1, -0.05) is 6.92 Å². The van der Waals surface area contributed by atoms with Gasteiger partial charge in [0.25, 0.3) is 0 Å². The summed E-state index contributed by atoms with van der Waals surface area (Å²) in [6.07, 6.45) is -0.302. The molecular formula is C15H31IN4O2S. The van der Waals surface area contributed by atoms with Crippen molar-refractivity contribution in [3.05, 3.63) is 0 Å². The Morgan fingerprint density at radius 3 is 2.48 bits per heavy atom. The van der Waals surface area contributed by atoms with Gasteiger partial charge >= 0.3 is 6.09 Å². The molecule has 2 N–H and O–H groups in total. The van der Waals surface area contributed by atoms with E-state index in [9.17, 15) is 4.79 Å². The number of hydrogen-bond donors (Lipinski definition) is 1. The van der Waals surface area contributed by atoms with Crippen LogP contribution in [0.25, 0.3) is 0 Å². The molecule has 1 heterocycles. The van der Waals surface area contributed by atoms with Crippen molar-refractivity contribution in [2.75, 3.05) is 44.7 Å². The lowest BCUT2D eigenvalue weighted by Crippen LogP contribution is -2.43. The summed E-state index contributed by atoms with van der Waals surface area (Å²) in [7, 11) is 1.75. The zero-order valence-electron chi connectivity index (χ0n) is 14.9. The average Bonchev–Trinajstić information content (AvgIpc) is 2.43. The van der Waals surface area contributed by atoms with Crippen LogP contribution < -0.4 is 5.73 Å². The summed E-state index contributed by atoms with van der Waals surface area (Å²) in [4.78, 5) is 20.1. The van der Waals surface area contributed by atoms with Crippen LogP contribution in [0.15, 0.2) is 4.99 Å². The number of ether oxygens (including phenoxy) is 1. The molecule has 0 bridgehead atoms. The number of nitrogens with zero attached hydrogens (tertiary/aromatic N) is 3. The second-order valence-electron chi connectivity index (χ2n) is 6.76. The Morgan fingerprint density at radius 1 is 1.39 bits per heavy atom. The Hall–Kier alpha value is -0.380. The van der Waals surface area contributed by atoms with Crippen LogP contribution in [0.2, 0.25) is 0 Å². The van der Waals surface area contributed by atoms with E-state index < -0.39 is 5.60 Å². The number of guanidine groups is 1. The highest BCUT2D eigenvalue weighted by Crippen LogP contribution is 2.11. The van der Waals surface area contributed by atoms with Gasteiger partial charge in [0.15, 0.2) is 5.96 Å². The summed E-state index contributed by atoms with van der Waals surface area (Å²) < 4.78 is 5.34. The minimum absolute atomic E-state index is 0. The molecule has 1 aliphatic rings. The number of hydrogen-bond acceptors (Lipinski definition) is 4. The largest absolute Gasteiger partial charge is 0.444 e. The monoisotopic (exact) mass is 458 g/mol. The number of carbonyl (C=O) groups excluding carboxylic acids is 1. The second kappa shape index (κ2) is 10.5. The van der Waals surface area contributed by atoms with Gasteiger partial charge < -0.3 is 20.3 Å². The fourth-order valence-corrected chi connectivity index (χ4v) is 2.98. The molecule has 0 saturated carbocycles. The molecule has 1 amide bonds. The van der Waals surface area contributed by atoms with E-state index in [0.717, 1.165) is 24.6 Å². The lowest BCUT2D eigenvalue weighted by atomic mass is 10.2. The van der Waals surface area contributed by atoms with Crippen LogP contribution in [0, 0.1) is 5.92 Å². The van der Waals surface area contributed by atoms with Crippen LogP contribution in [-0.4, -0.2) is 72.2 Å². The van der Waals surface area contributed by atoms with Gasteiger partial charge in [-0.3, -0.25) is 4.99 Å². The smallest absolute Gasteiger partial charge is 0.410 e. The van der Waals surface area contributed by atoms with E-state index in [1.807, 2.05) is 32.5 Å².